The van der Waals surface area contributed by atoms with Crippen LogP contribution in [0, 0.1) is 5.41 Å². The minimum atomic E-state index is -4.38. The van der Waals surface area contributed by atoms with Gasteiger partial charge in [0.15, 0.2) is 0 Å². The largest absolute Gasteiger partial charge is 0.425 e. The topological polar surface area (TPSA) is 70.2 Å². The summed E-state index contributed by atoms with van der Waals surface area (Å²) >= 11 is 0.523. The van der Waals surface area contributed by atoms with Crippen LogP contribution in [0.15, 0.2) is 12.1 Å². The van der Waals surface area contributed by atoms with Gasteiger partial charge < -0.3 is 5.73 Å². The van der Waals surface area contributed by atoms with Crippen molar-refractivity contribution in [3.8, 4) is 0 Å². The van der Waals surface area contributed by atoms with E-state index in [1.807, 2.05) is 0 Å². The maximum Gasteiger partial charge on any atom is 0.425 e. The van der Waals surface area contributed by atoms with Gasteiger partial charge in [-0.05, 0) is 12.1 Å². The Balaban J connectivity index is 2.79. The molecule has 1 rings (SSSR count). The Labute approximate surface area is 93.0 Å². The summed E-state index contributed by atoms with van der Waals surface area (Å²) in [6.07, 6.45) is -3.71. The molecule has 16 heavy (non-hydrogen) atoms. The lowest BCUT2D eigenvalue weighted by Crippen LogP contribution is -2.33. The Bertz CT molecular complexity index is 401. The monoisotopic (exact) mass is 251 g/mol. The number of nitrogens with zero attached hydrogens (tertiary/aromatic N) is 1. The van der Waals surface area contributed by atoms with Gasteiger partial charge in [0.05, 0.1) is 12.9 Å². The quantitative estimate of drug-likeness (QED) is 0.627. The van der Waals surface area contributed by atoms with Crippen LogP contribution in [0.1, 0.15) is 9.75 Å². The van der Waals surface area contributed by atoms with E-state index in [9.17, 15) is 18.0 Å². The van der Waals surface area contributed by atoms with E-state index in [0.717, 1.165) is 11.0 Å². The van der Waals surface area contributed by atoms with Gasteiger partial charge in [0.1, 0.15) is 4.88 Å². The summed E-state index contributed by atoms with van der Waals surface area (Å²) in [5.41, 5.74) is 4.91. The van der Waals surface area contributed by atoms with Crippen molar-refractivity contribution >= 4 is 23.7 Å². The molecule has 0 aliphatic carbocycles. The van der Waals surface area contributed by atoms with Crippen LogP contribution in [0.2, 0.25) is 0 Å². The van der Waals surface area contributed by atoms with Gasteiger partial charge in [-0.15, -0.1) is 11.3 Å². The highest BCUT2D eigenvalue weighted by molar-refractivity contribution is 7.12. The summed E-state index contributed by atoms with van der Waals surface area (Å²) in [6.45, 7) is -0.125. The molecule has 0 spiro atoms. The average molecular weight is 251 g/mol. The van der Waals surface area contributed by atoms with Crippen LogP contribution in [0.3, 0.4) is 0 Å². The number of primary amides is 1. The first-order chi connectivity index (χ1) is 7.34. The third-order valence-electron chi connectivity index (χ3n) is 1.71. The molecule has 0 aliphatic rings. The highest BCUT2D eigenvalue weighted by Gasteiger charge is 2.32. The van der Waals surface area contributed by atoms with Crippen molar-refractivity contribution in [2.24, 2.45) is 5.73 Å². The number of nitrogens with two attached hydrogens (primary N) is 1. The maximum absolute atomic E-state index is 12.2. The molecule has 0 radical (unpaired) electrons. The van der Waals surface area contributed by atoms with E-state index in [1.165, 1.54) is 6.07 Å². The van der Waals surface area contributed by atoms with Crippen LogP contribution in [0.4, 0.5) is 18.0 Å². The highest BCUT2D eigenvalue weighted by Crippen LogP contribution is 2.34. The SMILES string of the molecule is N=CN(Cc1ccc(C(F)(F)F)s1)C(N)=O. The molecule has 3 N–H and O–H groups in total. The van der Waals surface area contributed by atoms with Gasteiger partial charge in [0, 0.05) is 4.88 Å². The van der Waals surface area contributed by atoms with Crippen LogP contribution < -0.4 is 5.73 Å². The molecule has 0 unspecified atom stereocenters. The summed E-state index contributed by atoms with van der Waals surface area (Å²) in [5.74, 6) is 0. The van der Waals surface area contributed by atoms with Gasteiger partial charge >= 0.3 is 12.2 Å². The fraction of sp³-hybridized carbons (Fsp3) is 0.250. The summed E-state index contributed by atoms with van der Waals surface area (Å²) in [6, 6.07) is 1.31. The zero-order chi connectivity index (χ0) is 12.3. The number of halogens is 3. The second-order valence-corrected chi connectivity index (χ2v) is 4.03. The molecular formula is C8H8F3N3OS. The van der Waals surface area contributed by atoms with E-state index in [0.29, 0.717) is 22.6 Å². The van der Waals surface area contributed by atoms with Crippen LogP contribution >= 0.6 is 11.3 Å². The van der Waals surface area contributed by atoms with Crippen molar-refractivity contribution in [2.45, 2.75) is 12.7 Å². The van der Waals surface area contributed by atoms with Crippen LogP contribution in [-0.4, -0.2) is 17.3 Å². The van der Waals surface area contributed by atoms with Gasteiger partial charge in [0.2, 0.25) is 0 Å². The van der Waals surface area contributed by atoms with Gasteiger partial charge in [0.25, 0.3) is 0 Å². The summed E-state index contributed by atoms with van der Waals surface area (Å²) < 4.78 is 36.7. The van der Waals surface area contributed by atoms with Gasteiger partial charge in [-0.1, -0.05) is 0 Å². The van der Waals surface area contributed by atoms with Crippen molar-refractivity contribution in [3.63, 3.8) is 0 Å². The minimum Gasteiger partial charge on any atom is -0.351 e. The molecule has 2 amide bonds. The molecule has 0 saturated carbocycles. The molecule has 8 heteroatoms. The predicted octanol–water partition coefficient (Wildman–Crippen LogP) is 2.25. The van der Waals surface area contributed by atoms with E-state index < -0.39 is 17.1 Å². The molecule has 0 aromatic carbocycles. The minimum absolute atomic E-state index is 0.125. The Morgan fingerprint density at radius 1 is 1.56 bits per heavy atom. The van der Waals surface area contributed by atoms with Gasteiger partial charge in [-0.2, -0.15) is 13.2 Å². The van der Waals surface area contributed by atoms with Gasteiger partial charge in [-0.3, -0.25) is 10.3 Å². The van der Waals surface area contributed by atoms with E-state index in [4.69, 9.17) is 11.1 Å². The summed E-state index contributed by atoms with van der Waals surface area (Å²) in [4.78, 5) is 11.1. The number of carbonyl (C=O) groups is 1. The Morgan fingerprint density at radius 3 is 2.56 bits per heavy atom. The van der Waals surface area contributed by atoms with E-state index >= 15 is 0 Å². The molecule has 1 heterocycles. The summed E-state index contributed by atoms with van der Waals surface area (Å²) in [7, 11) is 0. The molecule has 4 nitrogen and oxygen atoms in total. The molecule has 0 bridgehead atoms. The first-order valence-electron chi connectivity index (χ1n) is 4.07. The molecule has 1 aromatic heterocycles. The highest BCUT2D eigenvalue weighted by atomic mass is 32.1. The fourth-order valence-corrected chi connectivity index (χ4v) is 1.84. The van der Waals surface area contributed by atoms with Crippen molar-refractivity contribution in [1.82, 2.24) is 4.90 Å². The number of carbonyl (C=O) groups excluding carboxylic acids is 1. The number of hydrogen-bond acceptors (Lipinski definition) is 3. The van der Waals surface area contributed by atoms with Crippen molar-refractivity contribution < 1.29 is 18.0 Å². The second-order valence-electron chi connectivity index (χ2n) is 2.86. The van der Waals surface area contributed by atoms with Crippen LogP contribution in [0.25, 0.3) is 0 Å². The molecule has 0 aliphatic heterocycles. The van der Waals surface area contributed by atoms with E-state index in [1.54, 1.807) is 0 Å². The van der Waals surface area contributed by atoms with Gasteiger partial charge in [-0.25, -0.2) is 4.79 Å². The number of hydrogen-bond donors (Lipinski definition) is 2. The van der Waals surface area contributed by atoms with Crippen molar-refractivity contribution in [2.75, 3.05) is 0 Å². The lowest BCUT2D eigenvalue weighted by atomic mass is 10.4. The fourth-order valence-electron chi connectivity index (χ4n) is 0.970. The Morgan fingerprint density at radius 2 is 2.19 bits per heavy atom. The molecule has 0 saturated heterocycles. The normalized spacial score (nSPS) is 11.2. The second kappa shape index (κ2) is 4.52. The molecule has 0 atom stereocenters. The molecule has 1 aromatic rings. The van der Waals surface area contributed by atoms with E-state index in [-0.39, 0.29) is 6.54 Å². The number of rotatable bonds is 3. The van der Waals surface area contributed by atoms with Crippen molar-refractivity contribution in [3.05, 3.63) is 21.9 Å². The first-order valence-corrected chi connectivity index (χ1v) is 4.89. The maximum atomic E-state index is 12.2. The average Bonchev–Trinajstić information content (AvgIpc) is 2.61. The standard InChI is InChI=1S/C8H8F3N3OS/c9-8(10,11)6-2-1-5(16-6)3-14(4-12)7(13)15/h1-2,4,12H,3H2,(H2,13,15). The molecule has 88 valence electrons. The smallest absolute Gasteiger partial charge is 0.351 e. The number of nitrogens with one attached hydrogen (secondary N) is 1. The number of amides is 2. The van der Waals surface area contributed by atoms with E-state index in [2.05, 4.69) is 0 Å². The zero-order valence-electron chi connectivity index (χ0n) is 7.91. The van der Waals surface area contributed by atoms with Crippen LogP contribution in [0.5, 0.6) is 0 Å². The number of thiophene rings is 1. The van der Waals surface area contributed by atoms with Crippen molar-refractivity contribution in [1.29, 1.82) is 5.41 Å². The molecular weight excluding hydrogens is 243 g/mol. The first kappa shape index (κ1) is 12.5. The summed E-state index contributed by atoms with van der Waals surface area (Å²) in [5, 5.41) is 6.85. The van der Waals surface area contributed by atoms with Crippen LogP contribution in [-0.2, 0) is 12.7 Å². The third kappa shape index (κ3) is 2.96. The number of alkyl halides is 3. The lowest BCUT2D eigenvalue weighted by Gasteiger charge is -2.11. The third-order valence-corrected chi connectivity index (χ3v) is 2.82. The number of urea groups is 1. The predicted molar refractivity (Wildman–Crippen MR) is 53.2 cm³/mol. The Kier molecular flexibility index (Phi) is 3.53. The lowest BCUT2D eigenvalue weighted by molar-refractivity contribution is -0.134. The zero-order valence-corrected chi connectivity index (χ0v) is 8.73. The molecule has 0 fully saturated rings. The Hall–Kier alpha value is -1.57.